The number of thioether (sulfide) groups is 1. The predicted octanol–water partition coefficient (Wildman–Crippen LogP) is 4.29. The van der Waals surface area contributed by atoms with Gasteiger partial charge in [-0.3, -0.25) is 4.79 Å². The molecule has 0 aliphatic heterocycles. The standard InChI is InChI=1S/C19H22N2OS/c1-15(13-14-17-9-5-3-6-10-17)20-21-19(22)16(2)23-18-11-7-4-8-12-18/h3-12,16H,13-14H2,1-2H3,(H,21,22)/b20-15-/t16-/m1/s1. The van der Waals surface area contributed by atoms with Gasteiger partial charge in [-0.05, 0) is 44.4 Å². The zero-order valence-corrected chi connectivity index (χ0v) is 14.3. The number of amides is 1. The minimum absolute atomic E-state index is 0.0714. The van der Waals surface area contributed by atoms with Gasteiger partial charge in [0.25, 0.3) is 5.91 Å². The number of hydrazone groups is 1. The third-order valence-electron chi connectivity index (χ3n) is 3.40. The van der Waals surface area contributed by atoms with Gasteiger partial charge in [0.1, 0.15) is 0 Å². The lowest BCUT2D eigenvalue weighted by molar-refractivity contribution is -0.120. The van der Waals surface area contributed by atoms with E-state index in [0.29, 0.717) is 0 Å². The zero-order valence-electron chi connectivity index (χ0n) is 13.5. The quantitative estimate of drug-likeness (QED) is 0.468. The highest BCUT2D eigenvalue weighted by Gasteiger charge is 2.13. The topological polar surface area (TPSA) is 41.5 Å². The number of aryl methyl sites for hydroxylation is 1. The lowest BCUT2D eigenvalue weighted by Crippen LogP contribution is -2.27. The molecule has 1 N–H and O–H groups in total. The van der Waals surface area contributed by atoms with Crippen LogP contribution in [-0.2, 0) is 11.2 Å². The van der Waals surface area contributed by atoms with E-state index in [4.69, 9.17) is 0 Å². The van der Waals surface area contributed by atoms with Crippen molar-refractivity contribution in [3.05, 3.63) is 66.2 Å². The normalized spacial score (nSPS) is 12.7. The lowest BCUT2D eigenvalue weighted by Gasteiger charge is -2.10. The predicted molar refractivity (Wildman–Crippen MR) is 97.8 cm³/mol. The molecule has 120 valence electrons. The van der Waals surface area contributed by atoms with Crippen LogP contribution in [0.15, 0.2) is 70.7 Å². The van der Waals surface area contributed by atoms with E-state index in [0.717, 1.165) is 23.4 Å². The van der Waals surface area contributed by atoms with Crippen molar-refractivity contribution >= 4 is 23.4 Å². The first-order chi connectivity index (χ1) is 11.1. The summed E-state index contributed by atoms with van der Waals surface area (Å²) < 4.78 is 0. The number of nitrogens with zero attached hydrogens (tertiary/aromatic N) is 1. The SMILES string of the molecule is C/C(CCc1ccccc1)=N/NC(=O)[C@@H](C)Sc1ccccc1. The molecule has 0 saturated carbocycles. The lowest BCUT2D eigenvalue weighted by atomic mass is 10.1. The highest BCUT2D eigenvalue weighted by atomic mass is 32.2. The Bertz CT molecular complexity index is 641. The third kappa shape index (κ3) is 6.28. The van der Waals surface area contributed by atoms with Gasteiger partial charge in [-0.25, -0.2) is 5.43 Å². The number of hydrogen-bond acceptors (Lipinski definition) is 3. The third-order valence-corrected chi connectivity index (χ3v) is 4.51. The second kappa shape index (κ2) is 9.16. The Labute approximate surface area is 142 Å². The van der Waals surface area contributed by atoms with E-state index in [9.17, 15) is 4.79 Å². The van der Waals surface area contributed by atoms with Gasteiger partial charge >= 0.3 is 0 Å². The highest BCUT2D eigenvalue weighted by molar-refractivity contribution is 8.00. The molecule has 0 fully saturated rings. The van der Waals surface area contributed by atoms with Crippen LogP contribution in [0.3, 0.4) is 0 Å². The monoisotopic (exact) mass is 326 g/mol. The van der Waals surface area contributed by atoms with E-state index in [1.54, 1.807) is 0 Å². The van der Waals surface area contributed by atoms with Gasteiger partial charge in [0, 0.05) is 10.6 Å². The van der Waals surface area contributed by atoms with E-state index in [1.807, 2.05) is 62.4 Å². The van der Waals surface area contributed by atoms with Gasteiger partial charge in [-0.15, -0.1) is 11.8 Å². The summed E-state index contributed by atoms with van der Waals surface area (Å²) in [5.41, 5.74) is 4.88. The number of benzene rings is 2. The molecule has 3 nitrogen and oxygen atoms in total. The molecule has 1 atom stereocenters. The Hall–Kier alpha value is -2.07. The van der Waals surface area contributed by atoms with Crippen LogP contribution in [0, 0.1) is 0 Å². The molecule has 0 spiro atoms. The summed E-state index contributed by atoms with van der Waals surface area (Å²) in [7, 11) is 0. The van der Waals surface area contributed by atoms with Crippen LogP contribution in [-0.4, -0.2) is 16.9 Å². The molecule has 1 amide bonds. The summed E-state index contributed by atoms with van der Waals surface area (Å²) in [5, 5.41) is 4.03. The average Bonchev–Trinajstić information content (AvgIpc) is 2.59. The highest BCUT2D eigenvalue weighted by Crippen LogP contribution is 2.22. The van der Waals surface area contributed by atoms with Crippen LogP contribution in [0.4, 0.5) is 0 Å². The largest absolute Gasteiger partial charge is 0.272 e. The minimum Gasteiger partial charge on any atom is -0.272 e. The molecular formula is C19H22N2OS. The second-order valence-electron chi connectivity index (χ2n) is 5.38. The Balaban J connectivity index is 1.77. The van der Waals surface area contributed by atoms with Crippen LogP contribution in [0.1, 0.15) is 25.8 Å². The molecule has 0 unspecified atom stereocenters. The molecule has 0 bridgehead atoms. The van der Waals surface area contributed by atoms with E-state index in [2.05, 4.69) is 22.7 Å². The van der Waals surface area contributed by atoms with Crippen molar-refractivity contribution in [1.82, 2.24) is 5.43 Å². The van der Waals surface area contributed by atoms with Gasteiger partial charge in [-0.1, -0.05) is 48.5 Å². The molecule has 0 aliphatic rings. The Morgan fingerprint density at radius 3 is 2.35 bits per heavy atom. The maximum absolute atomic E-state index is 12.1. The summed E-state index contributed by atoms with van der Waals surface area (Å²) in [6, 6.07) is 20.2. The fraction of sp³-hybridized carbons (Fsp3) is 0.263. The molecular weight excluding hydrogens is 304 g/mol. The molecule has 0 saturated heterocycles. The maximum Gasteiger partial charge on any atom is 0.253 e. The molecule has 0 radical (unpaired) electrons. The van der Waals surface area contributed by atoms with Crippen molar-refractivity contribution in [1.29, 1.82) is 0 Å². The van der Waals surface area contributed by atoms with E-state index in [1.165, 1.54) is 17.3 Å². The number of carbonyl (C=O) groups excluding carboxylic acids is 1. The molecule has 4 heteroatoms. The van der Waals surface area contributed by atoms with Gasteiger partial charge in [-0.2, -0.15) is 5.10 Å². The number of nitrogens with one attached hydrogen (secondary N) is 1. The van der Waals surface area contributed by atoms with E-state index >= 15 is 0 Å². The first-order valence-electron chi connectivity index (χ1n) is 7.74. The number of rotatable bonds is 7. The summed E-state index contributed by atoms with van der Waals surface area (Å²) in [4.78, 5) is 13.2. The summed E-state index contributed by atoms with van der Waals surface area (Å²) in [5.74, 6) is -0.0714. The van der Waals surface area contributed by atoms with Crippen LogP contribution >= 0.6 is 11.8 Å². The summed E-state index contributed by atoms with van der Waals surface area (Å²) in [6.45, 7) is 3.83. The molecule has 0 aliphatic carbocycles. The molecule has 2 aromatic carbocycles. The van der Waals surface area contributed by atoms with Gasteiger partial charge in [0.2, 0.25) is 0 Å². The fourth-order valence-electron chi connectivity index (χ4n) is 2.02. The molecule has 2 rings (SSSR count). The van der Waals surface area contributed by atoms with Crippen molar-refractivity contribution < 1.29 is 4.79 Å². The van der Waals surface area contributed by atoms with Crippen molar-refractivity contribution in [3.63, 3.8) is 0 Å². The van der Waals surface area contributed by atoms with E-state index < -0.39 is 0 Å². The van der Waals surface area contributed by atoms with Crippen LogP contribution in [0.25, 0.3) is 0 Å². The van der Waals surface area contributed by atoms with Crippen molar-refractivity contribution in [2.75, 3.05) is 0 Å². The van der Waals surface area contributed by atoms with Crippen LogP contribution < -0.4 is 5.43 Å². The Morgan fingerprint density at radius 1 is 1.09 bits per heavy atom. The van der Waals surface area contributed by atoms with Crippen LogP contribution in [0.2, 0.25) is 0 Å². The zero-order chi connectivity index (χ0) is 16.5. The van der Waals surface area contributed by atoms with Crippen molar-refractivity contribution in [2.45, 2.75) is 36.8 Å². The maximum atomic E-state index is 12.1. The minimum atomic E-state index is -0.178. The van der Waals surface area contributed by atoms with Gasteiger partial charge in [0.15, 0.2) is 0 Å². The smallest absolute Gasteiger partial charge is 0.253 e. The van der Waals surface area contributed by atoms with E-state index in [-0.39, 0.29) is 11.2 Å². The molecule has 0 aromatic heterocycles. The number of hydrogen-bond donors (Lipinski definition) is 1. The fourth-order valence-corrected chi connectivity index (χ4v) is 2.91. The summed E-state index contributed by atoms with van der Waals surface area (Å²) in [6.07, 6.45) is 1.77. The van der Waals surface area contributed by atoms with Crippen LogP contribution in [0.5, 0.6) is 0 Å². The first kappa shape index (κ1) is 17.3. The Morgan fingerprint density at radius 2 is 1.70 bits per heavy atom. The van der Waals surface area contributed by atoms with Crippen molar-refractivity contribution in [3.8, 4) is 0 Å². The molecule has 2 aromatic rings. The molecule has 0 heterocycles. The average molecular weight is 326 g/mol. The molecule has 23 heavy (non-hydrogen) atoms. The Kier molecular flexibility index (Phi) is 6.88. The number of carbonyl (C=O) groups is 1. The second-order valence-corrected chi connectivity index (χ2v) is 6.80. The van der Waals surface area contributed by atoms with Gasteiger partial charge < -0.3 is 0 Å². The summed E-state index contributed by atoms with van der Waals surface area (Å²) >= 11 is 1.53. The van der Waals surface area contributed by atoms with Crippen molar-refractivity contribution in [2.24, 2.45) is 5.10 Å². The first-order valence-corrected chi connectivity index (χ1v) is 8.62. The van der Waals surface area contributed by atoms with Gasteiger partial charge in [0.05, 0.1) is 5.25 Å².